The van der Waals surface area contributed by atoms with Crippen LogP contribution in [0.1, 0.15) is 59.5 Å². The molecule has 0 aromatic heterocycles. The van der Waals surface area contributed by atoms with E-state index in [9.17, 15) is 9.59 Å². The number of hydrogen-bond acceptors (Lipinski definition) is 5. The Hall–Kier alpha value is -2.44. The number of rotatable bonds is 3. The molecule has 1 heterocycles. The van der Waals surface area contributed by atoms with Gasteiger partial charge < -0.3 is 14.4 Å². The smallest absolute Gasteiger partial charge is 0.495 e. The molecule has 3 rings (SSSR count). The van der Waals surface area contributed by atoms with Gasteiger partial charge in [-0.1, -0.05) is 35.9 Å². The van der Waals surface area contributed by atoms with Crippen LogP contribution in [0.2, 0.25) is 0 Å². The highest BCUT2D eigenvalue weighted by molar-refractivity contribution is 6.64. The predicted molar refractivity (Wildman–Crippen MR) is 111 cm³/mol. The van der Waals surface area contributed by atoms with Gasteiger partial charge in [0, 0.05) is 5.56 Å². The van der Waals surface area contributed by atoms with Gasteiger partial charge in [-0.05, 0) is 58.6 Å². The lowest BCUT2D eigenvalue weighted by Crippen LogP contribution is -2.41. The highest BCUT2D eigenvalue weighted by atomic mass is 16.7. The Morgan fingerprint density at radius 2 is 1.29 bits per heavy atom. The third-order valence-corrected chi connectivity index (χ3v) is 5.37. The van der Waals surface area contributed by atoms with Crippen molar-refractivity contribution in [3.8, 4) is 5.75 Å². The topological polar surface area (TPSA) is 72.8 Å². The molecule has 0 amide bonds. The van der Waals surface area contributed by atoms with Crippen molar-refractivity contribution in [1.29, 1.82) is 0 Å². The van der Waals surface area contributed by atoms with Gasteiger partial charge in [0.15, 0.2) is 6.29 Å². The molecule has 1 aliphatic rings. The van der Waals surface area contributed by atoms with E-state index >= 15 is 0 Å². The average molecular weight is 382 g/mol. The highest BCUT2D eigenvalue weighted by Gasteiger charge is 2.52. The summed E-state index contributed by atoms with van der Waals surface area (Å²) in [4.78, 5) is 21.4. The number of aldehydes is 2. The molecule has 0 radical (unpaired) electrons. The molecule has 0 unspecified atom stereocenters. The van der Waals surface area contributed by atoms with Crippen LogP contribution in [-0.2, 0) is 9.31 Å². The summed E-state index contributed by atoms with van der Waals surface area (Å²) < 4.78 is 12.0. The minimum absolute atomic E-state index is 0.0810. The van der Waals surface area contributed by atoms with E-state index in [0.717, 1.165) is 22.9 Å². The second-order valence-corrected chi connectivity index (χ2v) is 7.91. The maximum Gasteiger partial charge on any atom is 0.495 e. The molecule has 1 saturated heterocycles. The normalized spacial score (nSPS) is 16.9. The molecule has 2 aromatic carbocycles. The van der Waals surface area contributed by atoms with Crippen LogP contribution in [0.25, 0.3) is 0 Å². The summed E-state index contributed by atoms with van der Waals surface area (Å²) in [5, 5.41) is 9.17. The SMILES string of the molecule is Cc1cccc(C=O)c1B1OC(C)(C)C(C)(C)O1.Cc1cccc(C=O)c1O. The van der Waals surface area contributed by atoms with E-state index in [4.69, 9.17) is 14.4 Å². The monoisotopic (exact) mass is 382 g/mol. The fourth-order valence-electron chi connectivity index (χ4n) is 2.87. The predicted octanol–water partition coefficient (Wildman–Crippen LogP) is 3.62. The minimum Gasteiger partial charge on any atom is -0.507 e. The first-order valence-corrected chi connectivity index (χ1v) is 9.18. The van der Waals surface area contributed by atoms with E-state index in [2.05, 4.69) is 0 Å². The number of phenols is 1. The van der Waals surface area contributed by atoms with E-state index in [1.165, 1.54) is 0 Å². The first-order valence-electron chi connectivity index (χ1n) is 9.18. The van der Waals surface area contributed by atoms with Crippen molar-refractivity contribution in [2.45, 2.75) is 52.7 Å². The van der Waals surface area contributed by atoms with Crippen LogP contribution < -0.4 is 5.46 Å². The lowest BCUT2D eigenvalue weighted by Gasteiger charge is -2.32. The second-order valence-electron chi connectivity index (χ2n) is 7.91. The van der Waals surface area contributed by atoms with E-state index in [1.807, 2.05) is 46.8 Å². The van der Waals surface area contributed by atoms with E-state index in [1.54, 1.807) is 31.2 Å². The molecule has 1 aliphatic heterocycles. The number of hydrogen-bond donors (Lipinski definition) is 1. The van der Waals surface area contributed by atoms with Crippen molar-refractivity contribution >= 4 is 25.2 Å². The lowest BCUT2D eigenvalue weighted by atomic mass is 9.73. The van der Waals surface area contributed by atoms with E-state index in [0.29, 0.717) is 17.4 Å². The standard InChI is InChI=1S/C14H19BO3.C8H8O2/c1-10-7-6-8-11(9-16)12(10)15-17-13(2,3)14(4,5)18-15;1-6-3-2-4-7(5-9)8(6)10/h6-9H,1-5H3;2-5,10H,1H3. The van der Waals surface area contributed by atoms with Gasteiger partial charge in [0.25, 0.3) is 0 Å². The number of aryl methyl sites for hydroxylation is 2. The van der Waals surface area contributed by atoms with Crippen LogP contribution in [0.4, 0.5) is 0 Å². The molecule has 5 nitrogen and oxygen atoms in total. The molecular formula is C22H27BO5. The van der Waals surface area contributed by atoms with Crippen molar-refractivity contribution in [2.24, 2.45) is 0 Å². The Labute approximate surface area is 166 Å². The molecule has 0 bridgehead atoms. The fourth-order valence-corrected chi connectivity index (χ4v) is 2.87. The highest BCUT2D eigenvalue weighted by Crippen LogP contribution is 2.36. The van der Waals surface area contributed by atoms with Crippen LogP contribution in [0.5, 0.6) is 5.75 Å². The maximum absolute atomic E-state index is 11.1. The quantitative estimate of drug-likeness (QED) is 0.649. The zero-order chi connectivity index (χ0) is 21.1. The Morgan fingerprint density at radius 1 is 0.821 bits per heavy atom. The summed E-state index contributed by atoms with van der Waals surface area (Å²) in [5.74, 6) is 0.0810. The molecular weight excluding hydrogens is 355 g/mol. The van der Waals surface area contributed by atoms with Gasteiger partial charge in [-0.15, -0.1) is 0 Å². The molecule has 2 aromatic rings. The number of carbonyl (C=O) groups is 2. The number of aromatic hydroxyl groups is 1. The van der Waals surface area contributed by atoms with Gasteiger partial charge in [0.2, 0.25) is 0 Å². The Bertz CT molecular complexity index is 857. The van der Waals surface area contributed by atoms with Gasteiger partial charge in [-0.25, -0.2) is 0 Å². The summed E-state index contributed by atoms with van der Waals surface area (Å²) in [6.45, 7) is 11.7. The van der Waals surface area contributed by atoms with E-state index in [-0.39, 0.29) is 17.0 Å². The largest absolute Gasteiger partial charge is 0.507 e. The molecule has 28 heavy (non-hydrogen) atoms. The van der Waals surface area contributed by atoms with Crippen molar-refractivity contribution in [3.05, 3.63) is 58.7 Å². The summed E-state index contributed by atoms with van der Waals surface area (Å²) in [5.41, 5.74) is 2.78. The zero-order valence-corrected chi connectivity index (χ0v) is 17.3. The van der Waals surface area contributed by atoms with Gasteiger partial charge >= 0.3 is 7.12 Å². The van der Waals surface area contributed by atoms with Crippen LogP contribution in [0.3, 0.4) is 0 Å². The van der Waals surface area contributed by atoms with Gasteiger partial charge in [0.05, 0.1) is 16.8 Å². The summed E-state index contributed by atoms with van der Waals surface area (Å²) >= 11 is 0. The van der Waals surface area contributed by atoms with Crippen molar-refractivity contribution < 1.29 is 24.0 Å². The molecule has 1 fully saturated rings. The molecule has 0 atom stereocenters. The minimum atomic E-state index is -0.476. The molecule has 0 saturated carbocycles. The third-order valence-electron chi connectivity index (χ3n) is 5.37. The number of benzene rings is 2. The van der Waals surface area contributed by atoms with Crippen molar-refractivity contribution in [3.63, 3.8) is 0 Å². The lowest BCUT2D eigenvalue weighted by molar-refractivity contribution is 0.00578. The number of phenolic OH excluding ortho intramolecular Hbond substituents is 1. The average Bonchev–Trinajstić information content (AvgIpc) is 2.84. The molecule has 0 spiro atoms. The fraction of sp³-hybridized carbons (Fsp3) is 0.364. The summed E-state index contributed by atoms with van der Waals surface area (Å²) in [6, 6.07) is 10.7. The van der Waals surface area contributed by atoms with Gasteiger partial charge in [0.1, 0.15) is 12.0 Å². The zero-order valence-electron chi connectivity index (χ0n) is 17.3. The molecule has 1 N–H and O–H groups in total. The van der Waals surface area contributed by atoms with Crippen molar-refractivity contribution in [1.82, 2.24) is 0 Å². The maximum atomic E-state index is 11.1. The molecule has 0 aliphatic carbocycles. The molecule has 6 heteroatoms. The Kier molecular flexibility index (Phi) is 6.47. The van der Waals surface area contributed by atoms with Crippen LogP contribution in [-0.4, -0.2) is 36.0 Å². The molecule has 148 valence electrons. The third kappa shape index (κ3) is 4.34. The summed E-state index contributed by atoms with van der Waals surface area (Å²) in [6.07, 6.45) is 1.50. The van der Waals surface area contributed by atoms with E-state index < -0.39 is 7.12 Å². The Balaban J connectivity index is 0.000000237. The van der Waals surface area contributed by atoms with Gasteiger partial charge in [-0.3, -0.25) is 9.59 Å². The first-order chi connectivity index (χ1) is 13.0. The van der Waals surface area contributed by atoms with Crippen LogP contribution >= 0.6 is 0 Å². The second kappa shape index (κ2) is 8.29. The van der Waals surface area contributed by atoms with Crippen molar-refractivity contribution in [2.75, 3.05) is 0 Å². The van der Waals surface area contributed by atoms with Crippen LogP contribution in [0.15, 0.2) is 36.4 Å². The number of para-hydroxylation sites is 1. The number of carbonyl (C=O) groups excluding carboxylic acids is 2. The first kappa shape index (κ1) is 21.9. The van der Waals surface area contributed by atoms with Gasteiger partial charge in [-0.2, -0.15) is 0 Å². The Morgan fingerprint density at radius 3 is 1.75 bits per heavy atom. The van der Waals surface area contributed by atoms with Crippen LogP contribution in [0, 0.1) is 13.8 Å². The summed E-state index contributed by atoms with van der Waals surface area (Å²) in [7, 11) is -0.476.